The molecule has 0 N–H and O–H groups in total. The van der Waals surface area contributed by atoms with Gasteiger partial charge < -0.3 is 9.05 Å². The first-order valence-electron chi connectivity index (χ1n) is 8.28. The highest BCUT2D eigenvalue weighted by Crippen LogP contribution is 2.32. The van der Waals surface area contributed by atoms with E-state index in [2.05, 4.69) is 70.7 Å². The lowest BCUT2D eigenvalue weighted by Crippen LogP contribution is -1.98. The third-order valence-electron chi connectivity index (χ3n) is 4.14. The predicted octanol–water partition coefficient (Wildman–Crippen LogP) is 5.81. The van der Waals surface area contributed by atoms with Crippen molar-refractivity contribution in [1.82, 2.24) is 0 Å². The fourth-order valence-electron chi connectivity index (χ4n) is 2.83. The summed E-state index contributed by atoms with van der Waals surface area (Å²) < 4.78 is 11.3. The molecule has 0 aliphatic heterocycles. The van der Waals surface area contributed by atoms with Gasteiger partial charge in [0.2, 0.25) is 0 Å². The van der Waals surface area contributed by atoms with Gasteiger partial charge in [-0.25, -0.2) is 0 Å². The first-order valence-corrected chi connectivity index (χ1v) is 9.73. The Morgan fingerprint density at radius 2 is 1.64 bits per heavy atom. The maximum atomic E-state index is 6.04. The van der Waals surface area contributed by atoms with Crippen molar-refractivity contribution in [2.45, 2.75) is 25.8 Å². The molecule has 3 atom stereocenters. The summed E-state index contributed by atoms with van der Waals surface area (Å²) in [6.45, 7) is 3.36. The van der Waals surface area contributed by atoms with Gasteiger partial charge in [0.05, 0.1) is 13.2 Å². The van der Waals surface area contributed by atoms with Gasteiger partial charge in [-0.3, -0.25) is 0 Å². The smallest absolute Gasteiger partial charge is 0.0762 e. The van der Waals surface area contributed by atoms with E-state index >= 15 is 0 Å². The van der Waals surface area contributed by atoms with E-state index in [0.29, 0.717) is 27.7 Å². The van der Waals surface area contributed by atoms with Crippen LogP contribution in [0.2, 0.25) is 0 Å². The Bertz CT molecular complexity index is 820. The molecule has 0 aromatic heterocycles. The predicted molar refractivity (Wildman–Crippen MR) is 110 cm³/mol. The van der Waals surface area contributed by atoms with Gasteiger partial charge in [0.1, 0.15) is 0 Å². The maximum Gasteiger partial charge on any atom is 0.0762 e. The minimum Gasteiger partial charge on any atom is -0.361 e. The van der Waals surface area contributed by atoms with Gasteiger partial charge in [-0.15, -0.1) is 5.73 Å². The second-order valence-electron chi connectivity index (χ2n) is 5.88. The molecule has 0 heterocycles. The fraction of sp³-hybridized carbons (Fsp3) is 0.190. The number of allylic oxidation sites excluding steroid dienone is 3. The second-order valence-corrected chi connectivity index (χ2v) is 7.60. The number of rotatable bonds is 8. The summed E-state index contributed by atoms with van der Waals surface area (Å²) in [5, 5.41) is 0. The molecule has 2 aromatic carbocycles. The highest BCUT2D eigenvalue weighted by molar-refractivity contribution is 7.33. The Kier molecular flexibility index (Phi) is 6.76. The maximum absolute atomic E-state index is 6.04. The molecule has 128 valence electrons. The molecule has 4 heteroatoms. The summed E-state index contributed by atoms with van der Waals surface area (Å²) in [7, 11) is 2.74. The zero-order chi connectivity index (χ0) is 17.5. The third-order valence-corrected chi connectivity index (χ3v) is 5.28. The molecular weight excluding hydrogens is 346 g/mol. The van der Waals surface area contributed by atoms with Crippen LogP contribution in [0.5, 0.6) is 0 Å². The summed E-state index contributed by atoms with van der Waals surface area (Å²) in [4.78, 5) is 0. The lowest BCUT2D eigenvalue weighted by molar-refractivity contribution is 0.350. The highest BCUT2D eigenvalue weighted by Gasteiger charge is 2.11. The van der Waals surface area contributed by atoms with E-state index in [4.69, 9.17) is 9.05 Å². The van der Waals surface area contributed by atoms with E-state index in [9.17, 15) is 0 Å². The lowest BCUT2D eigenvalue weighted by Gasteiger charge is -2.15. The van der Waals surface area contributed by atoms with Crippen molar-refractivity contribution in [3.63, 3.8) is 0 Å². The molecule has 3 rings (SSSR count). The molecule has 3 unspecified atom stereocenters. The van der Waals surface area contributed by atoms with Crippen LogP contribution in [0.3, 0.4) is 0 Å². The number of hydrogen-bond acceptors (Lipinski definition) is 2. The summed E-state index contributed by atoms with van der Waals surface area (Å²) in [6.07, 6.45) is 6.08. The summed E-state index contributed by atoms with van der Waals surface area (Å²) in [5.41, 5.74) is 9.62. The van der Waals surface area contributed by atoms with Gasteiger partial charge in [0.25, 0.3) is 0 Å². The minimum absolute atomic E-state index is 0.375. The van der Waals surface area contributed by atoms with Crippen LogP contribution >= 0.6 is 18.3 Å². The number of benzene rings is 2. The topological polar surface area (TPSA) is 18.5 Å². The molecule has 1 aliphatic carbocycles. The Hall–Kier alpha value is -1.52. The zero-order valence-electron chi connectivity index (χ0n) is 14.2. The van der Waals surface area contributed by atoms with E-state index < -0.39 is 0 Å². The van der Waals surface area contributed by atoms with E-state index in [-0.39, 0.29) is 0 Å². The Labute approximate surface area is 153 Å². The average Bonchev–Trinajstić information content (AvgIpc) is 3.18. The fourth-order valence-corrected chi connectivity index (χ4v) is 3.80. The molecule has 2 nitrogen and oxygen atoms in total. The molecule has 1 aliphatic rings. The average molecular weight is 368 g/mol. The SMILES string of the molecule is CC(POCc1ccccc1-c1ccccc1COP)C1=C=CC=C1. The van der Waals surface area contributed by atoms with Crippen LogP contribution in [0, 0.1) is 0 Å². The molecule has 0 fully saturated rings. The molecule has 0 radical (unpaired) electrons. The highest BCUT2D eigenvalue weighted by atomic mass is 31.1. The van der Waals surface area contributed by atoms with Crippen LogP contribution in [0.25, 0.3) is 11.1 Å². The number of hydrogen-bond donors (Lipinski definition) is 0. The van der Waals surface area contributed by atoms with Crippen LogP contribution in [0.4, 0.5) is 0 Å². The van der Waals surface area contributed by atoms with Gasteiger partial charge in [-0.1, -0.05) is 61.5 Å². The van der Waals surface area contributed by atoms with Gasteiger partial charge in [-0.2, -0.15) is 0 Å². The van der Waals surface area contributed by atoms with Gasteiger partial charge in [0, 0.05) is 29.5 Å². The van der Waals surface area contributed by atoms with Crippen molar-refractivity contribution in [3.05, 3.63) is 89.2 Å². The monoisotopic (exact) mass is 368 g/mol. The van der Waals surface area contributed by atoms with Crippen molar-refractivity contribution in [2.24, 2.45) is 0 Å². The van der Waals surface area contributed by atoms with Gasteiger partial charge in [-0.05, 0) is 34.4 Å². The first kappa shape index (κ1) is 18.3. The third kappa shape index (κ3) is 4.77. The van der Waals surface area contributed by atoms with E-state index in [0.717, 1.165) is 0 Å². The zero-order valence-corrected chi connectivity index (χ0v) is 16.4. The van der Waals surface area contributed by atoms with Crippen molar-refractivity contribution in [3.8, 4) is 11.1 Å². The molecule has 25 heavy (non-hydrogen) atoms. The van der Waals surface area contributed by atoms with Crippen molar-refractivity contribution >= 4 is 18.3 Å². The largest absolute Gasteiger partial charge is 0.361 e. The van der Waals surface area contributed by atoms with E-state index in [1.54, 1.807) is 0 Å². The van der Waals surface area contributed by atoms with E-state index in [1.165, 1.54) is 27.8 Å². The standard InChI is InChI=1S/C21H22O2P2/c1-16(17-8-2-3-9-17)25-23-15-19-11-5-7-13-21(19)20-12-6-4-10-18(20)14-22-24/h2-8,10-13,16,25H,14-15,24H2,1H3. The van der Waals surface area contributed by atoms with Crippen LogP contribution in [0.1, 0.15) is 18.1 Å². The Morgan fingerprint density at radius 3 is 2.24 bits per heavy atom. The summed E-state index contributed by atoms with van der Waals surface area (Å²) in [6, 6.07) is 16.8. The van der Waals surface area contributed by atoms with Crippen LogP contribution in [-0.2, 0) is 22.3 Å². The summed E-state index contributed by atoms with van der Waals surface area (Å²) >= 11 is 0. The Balaban J connectivity index is 1.73. The lowest BCUT2D eigenvalue weighted by atomic mass is 9.96. The Morgan fingerprint density at radius 1 is 1.00 bits per heavy atom. The quantitative estimate of drug-likeness (QED) is 0.432. The van der Waals surface area contributed by atoms with Gasteiger partial charge >= 0.3 is 0 Å². The molecule has 2 aromatic rings. The summed E-state index contributed by atoms with van der Waals surface area (Å²) in [5.74, 6) is 0. The molecule has 0 saturated carbocycles. The molecule has 0 saturated heterocycles. The van der Waals surface area contributed by atoms with Gasteiger partial charge in [0.15, 0.2) is 0 Å². The van der Waals surface area contributed by atoms with Crippen LogP contribution in [-0.4, -0.2) is 5.66 Å². The molecule has 0 spiro atoms. The molecular formula is C21H22O2P2. The normalized spacial score (nSPS) is 14.4. The first-order chi connectivity index (χ1) is 12.3. The second kappa shape index (κ2) is 9.25. The van der Waals surface area contributed by atoms with Crippen molar-refractivity contribution < 1.29 is 9.05 Å². The molecule has 0 bridgehead atoms. The molecule has 0 amide bonds. The van der Waals surface area contributed by atoms with Crippen LogP contribution < -0.4 is 0 Å². The van der Waals surface area contributed by atoms with E-state index in [1.807, 2.05) is 18.2 Å². The minimum atomic E-state index is 0.375. The van der Waals surface area contributed by atoms with Crippen LogP contribution in [0.15, 0.2) is 78.1 Å². The van der Waals surface area contributed by atoms with Crippen molar-refractivity contribution in [1.29, 1.82) is 0 Å². The van der Waals surface area contributed by atoms with Crippen molar-refractivity contribution in [2.75, 3.05) is 0 Å².